The molecular formula is C20H30O6Si. The summed E-state index contributed by atoms with van der Waals surface area (Å²) in [7, 11) is -2.06. The Morgan fingerprint density at radius 3 is 2.00 bits per heavy atom. The van der Waals surface area contributed by atoms with Gasteiger partial charge in [0.2, 0.25) is 8.32 Å². The van der Waals surface area contributed by atoms with Crippen LogP contribution in [0.15, 0.2) is 24.3 Å². The lowest BCUT2D eigenvalue weighted by atomic mass is 9.89. The molecule has 1 rings (SSSR count). The van der Waals surface area contributed by atoms with Crippen LogP contribution < -0.4 is 4.43 Å². The molecule has 2 N–H and O–H groups in total. The minimum atomic E-state index is -2.06. The van der Waals surface area contributed by atoms with Crippen molar-refractivity contribution in [3.05, 3.63) is 29.8 Å². The number of aliphatic carboxylic acids is 2. The minimum Gasteiger partial charge on any atom is -0.543 e. The molecule has 0 amide bonds. The number of carbonyl (C=O) groups is 3. The first-order valence-electron chi connectivity index (χ1n) is 9.10. The fourth-order valence-electron chi connectivity index (χ4n) is 2.40. The maximum atomic E-state index is 12.9. The van der Waals surface area contributed by atoms with Gasteiger partial charge in [-0.05, 0) is 43.1 Å². The Morgan fingerprint density at radius 2 is 1.56 bits per heavy atom. The smallest absolute Gasteiger partial charge is 0.303 e. The Labute approximate surface area is 161 Å². The second-order valence-electron chi connectivity index (χ2n) is 8.32. The van der Waals surface area contributed by atoms with Crippen molar-refractivity contribution in [2.45, 2.75) is 64.6 Å². The van der Waals surface area contributed by atoms with E-state index in [1.54, 1.807) is 24.3 Å². The molecule has 0 saturated heterocycles. The van der Waals surface area contributed by atoms with E-state index in [-0.39, 0.29) is 36.5 Å². The standard InChI is InChI=1S/C20H30O6Si/c1-20(2,3)27(4,5)26-16-8-6-7-15(13-16)19(25)14(9-11-17(21)22)10-12-18(23)24/h6-8,13-14H,9-12H2,1-5H3,(H,21,22)(H,23,24). The number of rotatable bonds is 10. The fraction of sp³-hybridized carbons (Fsp3) is 0.550. The third kappa shape index (κ3) is 7.17. The quantitative estimate of drug-likeness (QED) is 0.444. The summed E-state index contributed by atoms with van der Waals surface area (Å²) < 4.78 is 6.23. The maximum Gasteiger partial charge on any atom is 0.303 e. The lowest BCUT2D eigenvalue weighted by Gasteiger charge is -2.36. The molecule has 0 fully saturated rings. The predicted molar refractivity (Wildman–Crippen MR) is 106 cm³/mol. The van der Waals surface area contributed by atoms with E-state index in [2.05, 4.69) is 33.9 Å². The van der Waals surface area contributed by atoms with E-state index in [1.165, 1.54) is 0 Å². The first-order chi connectivity index (χ1) is 12.3. The van der Waals surface area contributed by atoms with E-state index in [4.69, 9.17) is 14.6 Å². The lowest BCUT2D eigenvalue weighted by molar-refractivity contribution is -0.137. The van der Waals surface area contributed by atoms with E-state index in [9.17, 15) is 14.4 Å². The zero-order chi connectivity index (χ0) is 20.8. The van der Waals surface area contributed by atoms with Crippen LogP contribution in [0.5, 0.6) is 5.75 Å². The highest BCUT2D eigenvalue weighted by Crippen LogP contribution is 2.37. The Balaban J connectivity index is 3.02. The Morgan fingerprint density at radius 1 is 1.04 bits per heavy atom. The van der Waals surface area contributed by atoms with Crippen LogP contribution in [-0.2, 0) is 9.59 Å². The minimum absolute atomic E-state index is 0.0124. The number of carboxylic acid groups (broad SMARTS) is 2. The van der Waals surface area contributed by atoms with E-state index in [0.717, 1.165) is 0 Å². The molecule has 0 bridgehead atoms. The summed E-state index contributed by atoms with van der Waals surface area (Å²) in [5, 5.41) is 17.8. The summed E-state index contributed by atoms with van der Waals surface area (Å²) in [5.41, 5.74) is 0.423. The Bertz CT molecular complexity index is 672. The average Bonchev–Trinajstić information content (AvgIpc) is 2.52. The van der Waals surface area contributed by atoms with Gasteiger partial charge in [-0.15, -0.1) is 0 Å². The van der Waals surface area contributed by atoms with Gasteiger partial charge >= 0.3 is 11.9 Å². The molecule has 27 heavy (non-hydrogen) atoms. The zero-order valence-corrected chi connectivity index (χ0v) is 17.7. The van der Waals surface area contributed by atoms with Gasteiger partial charge in [0.05, 0.1) is 0 Å². The molecule has 0 heterocycles. The third-order valence-corrected chi connectivity index (χ3v) is 9.44. The number of hydrogen-bond donors (Lipinski definition) is 2. The highest BCUT2D eigenvalue weighted by atomic mass is 28.4. The van der Waals surface area contributed by atoms with Crippen LogP contribution in [0.25, 0.3) is 0 Å². The van der Waals surface area contributed by atoms with Crippen molar-refractivity contribution in [3.8, 4) is 5.75 Å². The van der Waals surface area contributed by atoms with Crippen LogP contribution in [0, 0.1) is 5.92 Å². The predicted octanol–water partition coefficient (Wildman–Crippen LogP) is 4.60. The van der Waals surface area contributed by atoms with E-state index >= 15 is 0 Å². The highest BCUT2D eigenvalue weighted by Gasteiger charge is 2.39. The van der Waals surface area contributed by atoms with Crippen molar-refractivity contribution in [2.75, 3.05) is 0 Å². The van der Waals surface area contributed by atoms with Crippen molar-refractivity contribution in [3.63, 3.8) is 0 Å². The summed E-state index contributed by atoms with van der Waals surface area (Å²) in [6.07, 6.45) is -0.101. The highest BCUT2D eigenvalue weighted by molar-refractivity contribution is 6.74. The molecule has 1 aromatic rings. The zero-order valence-electron chi connectivity index (χ0n) is 16.7. The van der Waals surface area contributed by atoms with Crippen molar-refractivity contribution >= 4 is 26.0 Å². The molecule has 0 aromatic heterocycles. The maximum absolute atomic E-state index is 12.9. The van der Waals surface area contributed by atoms with Gasteiger partial charge in [0, 0.05) is 24.3 Å². The average molecular weight is 395 g/mol. The van der Waals surface area contributed by atoms with Gasteiger partial charge in [-0.25, -0.2) is 0 Å². The summed E-state index contributed by atoms with van der Waals surface area (Å²) in [6, 6.07) is 6.88. The molecule has 0 saturated carbocycles. The Kier molecular flexibility index (Phi) is 7.77. The summed E-state index contributed by atoms with van der Waals surface area (Å²) in [6.45, 7) is 10.6. The summed E-state index contributed by atoms with van der Waals surface area (Å²) >= 11 is 0. The third-order valence-electron chi connectivity index (χ3n) is 5.08. The monoisotopic (exact) mass is 394 g/mol. The van der Waals surface area contributed by atoms with Crippen molar-refractivity contribution in [1.82, 2.24) is 0 Å². The first-order valence-corrected chi connectivity index (χ1v) is 12.0. The van der Waals surface area contributed by atoms with Crippen LogP contribution >= 0.6 is 0 Å². The van der Waals surface area contributed by atoms with Crippen LogP contribution in [0.2, 0.25) is 18.1 Å². The number of carbonyl (C=O) groups excluding carboxylic acids is 1. The molecule has 7 heteroatoms. The Hall–Kier alpha value is -2.15. The number of benzene rings is 1. The molecule has 0 radical (unpaired) electrons. The molecule has 1 aromatic carbocycles. The van der Waals surface area contributed by atoms with E-state index in [1.807, 2.05) is 0 Å². The second kappa shape index (κ2) is 9.17. The molecule has 0 aliphatic heterocycles. The fourth-order valence-corrected chi connectivity index (χ4v) is 3.42. The normalized spacial score (nSPS) is 12.1. The van der Waals surface area contributed by atoms with Gasteiger partial charge in [0.25, 0.3) is 0 Å². The summed E-state index contributed by atoms with van der Waals surface area (Å²) in [5.74, 6) is -2.27. The molecule has 0 aliphatic rings. The van der Waals surface area contributed by atoms with Gasteiger partial charge in [-0.2, -0.15) is 0 Å². The number of hydrogen-bond acceptors (Lipinski definition) is 4. The van der Waals surface area contributed by atoms with Crippen LogP contribution in [-0.4, -0.2) is 36.3 Å². The van der Waals surface area contributed by atoms with Gasteiger partial charge in [-0.3, -0.25) is 14.4 Å². The first kappa shape index (κ1) is 22.9. The molecule has 150 valence electrons. The molecule has 0 spiro atoms. The van der Waals surface area contributed by atoms with Crippen LogP contribution in [0.3, 0.4) is 0 Å². The number of carboxylic acids is 2. The van der Waals surface area contributed by atoms with Gasteiger partial charge in [-0.1, -0.05) is 32.9 Å². The van der Waals surface area contributed by atoms with Gasteiger partial charge in [0.1, 0.15) is 5.75 Å². The largest absolute Gasteiger partial charge is 0.543 e. The van der Waals surface area contributed by atoms with Crippen molar-refractivity contribution in [1.29, 1.82) is 0 Å². The second-order valence-corrected chi connectivity index (χ2v) is 13.0. The van der Waals surface area contributed by atoms with Gasteiger partial charge < -0.3 is 14.6 Å². The lowest BCUT2D eigenvalue weighted by Crippen LogP contribution is -2.43. The number of ketones is 1. The van der Waals surface area contributed by atoms with Crippen molar-refractivity contribution in [2.24, 2.45) is 5.92 Å². The molecule has 0 aliphatic carbocycles. The van der Waals surface area contributed by atoms with Crippen LogP contribution in [0.1, 0.15) is 56.8 Å². The summed E-state index contributed by atoms with van der Waals surface area (Å²) in [4.78, 5) is 34.6. The molecule has 0 unspecified atom stereocenters. The van der Waals surface area contributed by atoms with Crippen molar-refractivity contribution < 1.29 is 29.0 Å². The van der Waals surface area contributed by atoms with E-state index < -0.39 is 26.2 Å². The molecule has 6 nitrogen and oxygen atoms in total. The molecule has 0 atom stereocenters. The van der Waals surface area contributed by atoms with Crippen LogP contribution in [0.4, 0.5) is 0 Å². The van der Waals surface area contributed by atoms with E-state index in [0.29, 0.717) is 11.3 Å². The molecular weight excluding hydrogens is 364 g/mol. The van der Waals surface area contributed by atoms with Gasteiger partial charge in [0.15, 0.2) is 5.78 Å². The topological polar surface area (TPSA) is 101 Å². The SMILES string of the molecule is CC(C)(C)[Si](C)(C)Oc1cccc(C(=O)C(CCC(=O)O)CCC(=O)O)c1. The number of Topliss-reactive ketones (excluding diaryl/α,β-unsaturated/α-hetero) is 1.